The molecule has 5 N–H and O–H groups in total. The molecule has 8 heteroatoms. The van der Waals surface area contributed by atoms with Crippen LogP contribution in [0.1, 0.15) is 0 Å². The lowest BCUT2D eigenvalue weighted by atomic mass is 9.97. The summed E-state index contributed by atoms with van der Waals surface area (Å²) in [6.07, 6.45) is -5.36. The van der Waals surface area contributed by atoms with Crippen molar-refractivity contribution in [3.8, 4) is 0 Å². The van der Waals surface area contributed by atoms with Crippen LogP contribution in [0.25, 0.3) is 0 Å². The molecule has 1 rings (SSSR count). The Morgan fingerprint density at radius 2 is 1.88 bits per heavy atom. The zero-order valence-electron chi connectivity index (χ0n) is 9.65. The molecule has 0 aromatic rings. The zero-order valence-corrected chi connectivity index (χ0v) is 9.65. The number of nitrogens with one attached hydrogen (secondary N) is 1. The summed E-state index contributed by atoms with van der Waals surface area (Å²) in [4.78, 5) is 12.6. The third-order valence-electron chi connectivity index (χ3n) is 2.60. The number of amides is 2. The summed E-state index contributed by atoms with van der Waals surface area (Å²) in [5.74, 6) is 0. The molecule has 0 bridgehead atoms. The molecule has 1 aliphatic rings. The van der Waals surface area contributed by atoms with E-state index in [1.54, 1.807) is 0 Å². The molecule has 8 nitrogen and oxygen atoms in total. The third kappa shape index (κ3) is 3.05. The minimum absolute atomic E-state index is 0.536. The first-order valence-electron chi connectivity index (χ1n) is 5.16. The summed E-state index contributed by atoms with van der Waals surface area (Å²) in [6, 6.07) is -1.69. The van der Waals surface area contributed by atoms with E-state index < -0.39 is 43.3 Å². The number of aliphatic hydroxyl groups excluding tert-OH is 4. The summed E-state index contributed by atoms with van der Waals surface area (Å²) in [5.41, 5.74) is 0. The summed E-state index contributed by atoms with van der Waals surface area (Å²) >= 11 is 0. The second kappa shape index (κ2) is 5.61. The Morgan fingerprint density at radius 3 is 2.35 bits per heavy atom. The van der Waals surface area contributed by atoms with E-state index in [4.69, 9.17) is 9.84 Å². The minimum Gasteiger partial charge on any atom is -0.394 e. The molecule has 0 aliphatic carbocycles. The van der Waals surface area contributed by atoms with Crippen molar-refractivity contribution in [2.45, 2.75) is 30.6 Å². The lowest BCUT2D eigenvalue weighted by Crippen LogP contribution is -2.64. The van der Waals surface area contributed by atoms with Gasteiger partial charge in [-0.2, -0.15) is 0 Å². The Balaban J connectivity index is 2.69. The summed E-state index contributed by atoms with van der Waals surface area (Å²) in [5, 5.41) is 40.0. The van der Waals surface area contributed by atoms with Crippen LogP contribution in [-0.4, -0.2) is 82.7 Å². The number of rotatable bonds is 2. The molecule has 2 amide bonds. The number of nitrogens with zero attached hydrogens (tertiary/aromatic N) is 1. The van der Waals surface area contributed by atoms with Crippen LogP contribution in [0.15, 0.2) is 0 Å². The predicted octanol–water partition coefficient (Wildman–Crippen LogP) is -2.94. The fourth-order valence-electron chi connectivity index (χ4n) is 1.52. The van der Waals surface area contributed by atoms with E-state index in [2.05, 4.69) is 5.32 Å². The van der Waals surface area contributed by atoms with Gasteiger partial charge in [0.15, 0.2) is 6.29 Å². The van der Waals surface area contributed by atoms with Crippen LogP contribution in [-0.2, 0) is 4.74 Å². The first kappa shape index (κ1) is 14.1. The topological polar surface area (TPSA) is 122 Å². The van der Waals surface area contributed by atoms with Gasteiger partial charge in [0.25, 0.3) is 0 Å². The van der Waals surface area contributed by atoms with Crippen LogP contribution >= 0.6 is 0 Å². The molecule has 1 aliphatic heterocycles. The first-order chi connectivity index (χ1) is 7.88. The van der Waals surface area contributed by atoms with Crippen molar-refractivity contribution in [3.05, 3.63) is 0 Å². The van der Waals surface area contributed by atoms with Gasteiger partial charge in [0.1, 0.15) is 24.4 Å². The van der Waals surface area contributed by atoms with Gasteiger partial charge < -0.3 is 35.4 Å². The molecule has 17 heavy (non-hydrogen) atoms. The van der Waals surface area contributed by atoms with Gasteiger partial charge in [-0.1, -0.05) is 0 Å². The lowest BCUT2D eigenvalue weighted by Gasteiger charge is -2.40. The molecule has 0 saturated carbocycles. The number of ether oxygens (including phenoxy) is 1. The van der Waals surface area contributed by atoms with Gasteiger partial charge in [-0.15, -0.1) is 0 Å². The molecule has 1 fully saturated rings. The summed E-state index contributed by atoms with van der Waals surface area (Å²) < 4.78 is 4.87. The van der Waals surface area contributed by atoms with Gasteiger partial charge in [0.2, 0.25) is 0 Å². The molecule has 5 unspecified atom stereocenters. The monoisotopic (exact) mass is 250 g/mol. The highest BCUT2D eigenvalue weighted by atomic mass is 16.6. The van der Waals surface area contributed by atoms with Crippen LogP contribution in [0, 0.1) is 0 Å². The highest BCUT2D eigenvalue weighted by Crippen LogP contribution is 2.19. The molecule has 1 saturated heterocycles. The SMILES string of the molecule is CN(C)C(=O)NC1C(O)OC(CO)C(O)C1O. The highest BCUT2D eigenvalue weighted by molar-refractivity contribution is 5.74. The molecular formula is C9H18N2O6. The van der Waals surface area contributed by atoms with Crippen molar-refractivity contribution >= 4 is 6.03 Å². The van der Waals surface area contributed by atoms with Gasteiger partial charge in [-0.05, 0) is 0 Å². The Bertz CT molecular complexity index is 274. The van der Waals surface area contributed by atoms with Gasteiger partial charge >= 0.3 is 6.03 Å². The zero-order chi connectivity index (χ0) is 13.2. The molecule has 0 aromatic carbocycles. The average Bonchev–Trinajstić information content (AvgIpc) is 2.28. The largest absolute Gasteiger partial charge is 0.394 e. The normalized spacial score (nSPS) is 37.6. The lowest BCUT2D eigenvalue weighted by molar-refractivity contribution is -0.252. The van der Waals surface area contributed by atoms with Crippen molar-refractivity contribution in [2.75, 3.05) is 20.7 Å². The second-order valence-corrected chi connectivity index (χ2v) is 4.10. The van der Waals surface area contributed by atoms with Gasteiger partial charge in [-0.25, -0.2) is 4.79 Å². The van der Waals surface area contributed by atoms with Crippen molar-refractivity contribution in [3.63, 3.8) is 0 Å². The highest BCUT2D eigenvalue weighted by Gasteiger charge is 2.44. The Kier molecular flexibility index (Phi) is 4.66. The van der Waals surface area contributed by atoms with Crippen LogP contribution in [0.5, 0.6) is 0 Å². The maximum Gasteiger partial charge on any atom is 0.317 e. The van der Waals surface area contributed by atoms with E-state index in [1.165, 1.54) is 19.0 Å². The number of carbonyl (C=O) groups excluding carboxylic acids is 1. The van der Waals surface area contributed by atoms with Crippen LogP contribution < -0.4 is 5.32 Å². The summed E-state index contributed by atoms with van der Waals surface area (Å²) in [7, 11) is 2.98. The number of hydrogen-bond acceptors (Lipinski definition) is 6. The second-order valence-electron chi connectivity index (χ2n) is 4.10. The van der Waals surface area contributed by atoms with E-state index in [0.29, 0.717) is 0 Å². The average molecular weight is 250 g/mol. The first-order valence-corrected chi connectivity index (χ1v) is 5.16. The van der Waals surface area contributed by atoms with E-state index in [1.807, 2.05) is 0 Å². The smallest absolute Gasteiger partial charge is 0.317 e. The Morgan fingerprint density at radius 1 is 1.29 bits per heavy atom. The molecule has 0 spiro atoms. The van der Waals surface area contributed by atoms with E-state index >= 15 is 0 Å². The fourth-order valence-corrected chi connectivity index (χ4v) is 1.52. The standard InChI is InChI=1S/C9H18N2O6/c1-11(2)9(16)10-5-7(14)6(13)4(3-12)17-8(5)15/h4-8,12-15H,3H2,1-2H3,(H,10,16). The maximum absolute atomic E-state index is 11.4. The van der Waals surface area contributed by atoms with Gasteiger partial charge in [0.05, 0.1) is 6.61 Å². The number of hydrogen-bond donors (Lipinski definition) is 5. The minimum atomic E-state index is -1.49. The van der Waals surface area contributed by atoms with Crippen molar-refractivity contribution in [2.24, 2.45) is 0 Å². The van der Waals surface area contributed by atoms with Crippen molar-refractivity contribution in [1.82, 2.24) is 10.2 Å². The molecule has 1 heterocycles. The fraction of sp³-hybridized carbons (Fsp3) is 0.889. The van der Waals surface area contributed by atoms with Crippen LogP contribution in [0.4, 0.5) is 4.79 Å². The van der Waals surface area contributed by atoms with Crippen molar-refractivity contribution < 1.29 is 30.0 Å². The quantitative estimate of drug-likeness (QED) is 0.357. The number of urea groups is 1. The Hall–Kier alpha value is -0.930. The predicted molar refractivity (Wildman–Crippen MR) is 56.0 cm³/mol. The summed E-state index contributed by atoms with van der Waals surface area (Å²) in [6.45, 7) is -0.538. The molecule has 100 valence electrons. The van der Waals surface area contributed by atoms with E-state index in [9.17, 15) is 20.1 Å². The number of aliphatic hydroxyl groups is 4. The molecule has 0 aromatic heterocycles. The van der Waals surface area contributed by atoms with Crippen LogP contribution in [0.2, 0.25) is 0 Å². The van der Waals surface area contributed by atoms with E-state index in [0.717, 1.165) is 0 Å². The third-order valence-corrected chi connectivity index (χ3v) is 2.60. The van der Waals surface area contributed by atoms with Gasteiger partial charge in [-0.3, -0.25) is 0 Å². The molecule has 0 radical (unpaired) electrons. The Labute approximate surface area is 98.4 Å². The van der Waals surface area contributed by atoms with Gasteiger partial charge in [0, 0.05) is 14.1 Å². The molecule has 5 atom stereocenters. The molecular weight excluding hydrogens is 232 g/mol. The van der Waals surface area contributed by atoms with Crippen molar-refractivity contribution in [1.29, 1.82) is 0 Å². The number of carbonyl (C=O) groups is 1. The van der Waals surface area contributed by atoms with E-state index in [-0.39, 0.29) is 0 Å². The maximum atomic E-state index is 11.4. The van der Waals surface area contributed by atoms with Crippen LogP contribution in [0.3, 0.4) is 0 Å².